The van der Waals surface area contributed by atoms with Gasteiger partial charge in [0.1, 0.15) is 11.8 Å². The van der Waals surface area contributed by atoms with Gasteiger partial charge in [0.05, 0.1) is 13.7 Å². The highest BCUT2D eigenvalue weighted by Crippen LogP contribution is 2.47. The lowest BCUT2D eigenvalue weighted by Gasteiger charge is -2.42. The zero-order chi connectivity index (χ0) is 20.4. The summed E-state index contributed by atoms with van der Waals surface area (Å²) in [6, 6.07) is 1.96. The number of methoxy groups -OCH3 is 1. The minimum absolute atomic E-state index is 0.114. The molecule has 1 aromatic carbocycles. The molecule has 0 saturated carbocycles. The van der Waals surface area contributed by atoms with E-state index in [4.69, 9.17) is 4.74 Å². The van der Waals surface area contributed by atoms with E-state index in [1.807, 2.05) is 0 Å². The van der Waals surface area contributed by atoms with Gasteiger partial charge in [-0.2, -0.15) is 0 Å². The Hall–Kier alpha value is -1.96. The van der Waals surface area contributed by atoms with E-state index in [1.54, 1.807) is 20.8 Å². The minimum atomic E-state index is -1.88. The number of aliphatic hydroxyl groups excluding tert-OH is 1. The lowest BCUT2D eigenvalue weighted by molar-refractivity contribution is -0.0332. The lowest BCUT2D eigenvalue weighted by Crippen LogP contribution is -2.48. The molecule has 152 valence electrons. The number of benzene rings is 1. The third-order valence-corrected chi connectivity index (χ3v) is 4.82. The Morgan fingerprint density at radius 3 is 2.37 bits per heavy atom. The molecule has 0 aromatic heterocycles. The molecule has 8 heteroatoms. The molecule has 0 aliphatic carbocycles. The largest absolute Gasteiger partial charge is 0.491 e. The molecule has 1 aliphatic heterocycles. The van der Waals surface area contributed by atoms with Crippen LogP contribution in [-0.2, 0) is 4.74 Å². The number of likely N-dealkylation sites (tertiary alicyclic amines) is 1. The maximum Gasteiger partial charge on any atom is 0.410 e. The summed E-state index contributed by atoms with van der Waals surface area (Å²) >= 11 is 0. The third-order valence-electron chi connectivity index (χ3n) is 4.82. The lowest BCUT2D eigenvalue weighted by atomic mass is 9.73. The monoisotopic (exact) mass is 389 g/mol. The first kappa shape index (κ1) is 21.3. The SMILES string of the molecule is COc1c(F)ccc(C(F)C2(CO)CCN(C(=O)OC(C)(C)C)CC2)c1F. The number of halogens is 3. The van der Waals surface area contributed by atoms with Crippen LogP contribution in [0, 0.1) is 17.0 Å². The Kier molecular flexibility index (Phi) is 6.29. The summed E-state index contributed by atoms with van der Waals surface area (Å²) in [7, 11) is 1.10. The molecule has 1 N–H and O–H groups in total. The van der Waals surface area contributed by atoms with Crippen molar-refractivity contribution < 1.29 is 32.5 Å². The molecule has 0 bridgehead atoms. The number of aliphatic hydroxyl groups is 1. The van der Waals surface area contributed by atoms with Crippen molar-refractivity contribution in [2.45, 2.75) is 45.4 Å². The molecule has 5 nitrogen and oxygen atoms in total. The molecular formula is C19H26F3NO4. The molecule has 1 aliphatic rings. The molecule has 1 fully saturated rings. The van der Waals surface area contributed by atoms with Gasteiger partial charge in [0.15, 0.2) is 17.4 Å². The van der Waals surface area contributed by atoms with Crippen molar-refractivity contribution in [3.8, 4) is 5.75 Å². The summed E-state index contributed by atoms with van der Waals surface area (Å²) in [4.78, 5) is 13.6. The maximum absolute atomic E-state index is 15.3. The Balaban J connectivity index is 2.19. The second-order valence-electron chi connectivity index (χ2n) is 7.83. The van der Waals surface area contributed by atoms with Crippen molar-refractivity contribution in [1.82, 2.24) is 4.90 Å². The van der Waals surface area contributed by atoms with Crippen LogP contribution in [-0.4, -0.2) is 48.5 Å². The molecule has 1 heterocycles. The molecule has 0 radical (unpaired) electrons. The van der Waals surface area contributed by atoms with E-state index in [9.17, 15) is 18.7 Å². The summed E-state index contributed by atoms with van der Waals surface area (Å²) in [5, 5.41) is 9.85. The summed E-state index contributed by atoms with van der Waals surface area (Å²) in [5.41, 5.74) is -2.30. The zero-order valence-electron chi connectivity index (χ0n) is 16.0. The number of ether oxygens (including phenoxy) is 2. The average Bonchev–Trinajstić information content (AvgIpc) is 2.60. The van der Waals surface area contributed by atoms with E-state index in [0.29, 0.717) is 0 Å². The van der Waals surface area contributed by atoms with Crippen molar-refractivity contribution >= 4 is 6.09 Å². The van der Waals surface area contributed by atoms with Gasteiger partial charge in [0, 0.05) is 24.1 Å². The van der Waals surface area contributed by atoms with Crippen molar-refractivity contribution in [1.29, 1.82) is 0 Å². The molecule has 0 spiro atoms. The standard InChI is InChI=1S/C19H26F3NO4/c1-18(2,3)27-17(25)23-9-7-19(11-24,8-10-23)16(22)12-5-6-13(20)15(26-4)14(12)21/h5-6,16,24H,7-11H2,1-4H3. The van der Waals surface area contributed by atoms with Gasteiger partial charge in [-0.05, 0) is 45.7 Å². The van der Waals surface area contributed by atoms with Crippen LogP contribution in [0.5, 0.6) is 5.75 Å². The highest BCUT2D eigenvalue weighted by atomic mass is 19.1. The Morgan fingerprint density at radius 2 is 1.89 bits per heavy atom. The quantitative estimate of drug-likeness (QED) is 0.846. The normalized spacial score (nSPS) is 18.1. The predicted molar refractivity (Wildman–Crippen MR) is 93.3 cm³/mol. The van der Waals surface area contributed by atoms with Gasteiger partial charge in [-0.1, -0.05) is 0 Å². The van der Waals surface area contributed by atoms with Gasteiger partial charge in [0.2, 0.25) is 0 Å². The van der Waals surface area contributed by atoms with Crippen LogP contribution in [0.1, 0.15) is 45.3 Å². The van der Waals surface area contributed by atoms with Crippen molar-refractivity contribution in [3.63, 3.8) is 0 Å². The van der Waals surface area contributed by atoms with E-state index in [2.05, 4.69) is 4.74 Å². The van der Waals surface area contributed by atoms with Gasteiger partial charge in [-0.25, -0.2) is 18.0 Å². The van der Waals surface area contributed by atoms with Gasteiger partial charge in [0.25, 0.3) is 0 Å². The smallest absolute Gasteiger partial charge is 0.410 e. The molecule has 2 rings (SSSR count). The number of rotatable bonds is 4. The van der Waals surface area contributed by atoms with Crippen LogP contribution < -0.4 is 4.74 Å². The van der Waals surface area contributed by atoms with Crippen molar-refractivity contribution in [3.05, 3.63) is 29.3 Å². The van der Waals surface area contributed by atoms with Gasteiger partial charge >= 0.3 is 6.09 Å². The summed E-state index contributed by atoms with van der Waals surface area (Å²) in [6.45, 7) is 5.03. The topological polar surface area (TPSA) is 59.0 Å². The number of alkyl halides is 1. The highest BCUT2D eigenvalue weighted by molar-refractivity contribution is 5.68. The molecule has 1 aromatic rings. The van der Waals surface area contributed by atoms with E-state index >= 15 is 4.39 Å². The first-order valence-corrected chi connectivity index (χ1v) is 8.79. The molecule has 1 saturated heterocycles. The molecule has 1 atom stereocenters. The summed E-state index contributed by atoms with van der Waals surface area (Å²) < 4.78 is 53.3. The predicted octanol–water partition coefficient (Wildman–Crippen LogP) is 3.99. The number of nitrogens with zero attached hydrogens (tertiary/aromatic N) is 1. The number of piperidine rings is 1. The maximum atomic E-state index is 15.3. The van der Waals surface area contributed by atoms with Crippen molar-refractivity contribution in [2.24, 2.45) is 5.41 Å². The number of amides is 1. The van der Waals surface area contributed by atoms with Gasteiger partial charge in [-0.3, -0.25) is 0 Å². The van der Waals surface area contributed by atoms with Crippen LogP contribution in [0.25, 0.3) is 0 Å². The second kappa shape index (κ2) is 7.96. The van der Waals surface area contributed by atoms with Crippen LogP contribution in [0.3, 0.4) is 0 Å². The first-order chi connectivity index (χ1) is 12.5. The summed E-state index contributed by atoms with van der Waals surface area (Å²) in [5.74, 6) is -2.70. The number of carbonyl (C=O) groups excluding carboxylic acids is 1. The number of carbonyl (C=O) groups is 1. The van der Waals surface area contributed by atoms with E-state index in [-0.39, 0.29) is 31.5 Å². The fourth-order valence-electron chi connectivity index (χ4n) is 3.21. The Labute approximate surface area is 157 Å². The summed E-state index contributed by atoms with van der Waals surface area (Å²) in [6.07, 6.45) is -2.16. The van der Waals surface area contributed by atoms with Crippen LogP contribution >= 0.6 is 0 Å². The van der Waals surface area contributed by atoms with Gasteiger partial charge in [-0.15, -0.1) is 0 Å². The van der Waals surface area contributed by atoms with E-state index in [1.165, 1.54) is 4.90 Å². The first-order valence-electron chi connectivity index (χ1n) is 8.79. The molecule has 27 heavy (non-hydrogen) atoms. The van der Waals surface area contributed by atoms with Crippen LogP contribution in [0.15, 0.2) is 12.1 Å². The minimum Gasteiger partial charge on any atom is -0.491 e. The Bertz CT molecular complexity index is 682. The van der Waals surface area contributed by atoms with E-state index < -0.39 is 47.3 Å². The fraction of sp³-hybridized carbons (Fsp3) is 0.632. The second-order valence-corrected chi connectivity index (χ2v) is 7.83. The van der Waals surface area contributed by atoms with Crippen molar-refractivity contribution in [2.75, 3.05) is 26.8 Å². The van der Waals surface area contributed by atoms with E-state index in [0.717, 1.165) is 19.2 Å². The highest BCUT2D eigenvalue weighted by Gasteiger charge is 2.45. The average molecular weight is 389 g/mol. The Morgan fingerprint density at radius 1 is 1.30 bits per heavy atom. The number of hydrogen-bond acceptors (Lipinski definition) is 4. The van der Waals surface area contributed by atoms with Crippen LogP contribution in [0.2, 0.25) is 0 Å². The van der Waals surface area contributed by atoms with Gasteiger partial charge < -0.3 is 19.5 Å². The fourth-order valence-corrected chi connectivity index (χ4v) is 3.21. The van der Waals surface area contributed by atoms with Crippen LogP contribution in [0.4, 0.5) is 18.0 Å². The molecule has 1 amide bonds. The molecular weight excluding hydrogens is 363 g/mol. The zero-order valence-corrected chi connectivity index (χ0v) is 16.0. The number of hydrogen-bond donors (Lipinski definition) is 1. The third kappa shape index (κ3) is 4.48. The molecule has 1 unspecified atom stereocenters.